The van der Waals surface area contributed by atoms with Crippen molar-refractivity contribution < 1.29 is 14.3 Å². The van der Waals surface area contributed by atoms with Crippen LogP contribution in [-0.4, -0.2) is 29.5 Å². The number of hydrogen-bond acceptors (Lipinski definition) is 4. The Morgan fingerprint density at radius 2 is 2.10 bits per heavy atom. The van der Waals surface area contributed by atoms with E-state index in [0.717, 1.165) is 12.1 Å². The van der Waals surface area contributed by atoms with Gasteiger partial charge in [0.1, 0.15) is 0 Å². The molecule has 3 rings (SSSR count). The summed E-state index contributed by atoms with van der Waals surface area (Å²) in [5.41, 5.74) is 1.08. The number of carbonyl (C=O) groups is 1. The van der Waals surface area contributed by atoms with Gasteiger partial charge in [-0.3, -0.25) is 0 Å². The summed E-state index contributed by atoms with van der Waals surface area (Å²) in [6.45, 7) is 2.62. The third-order valence-corrected chi connectivity index (χ3v) is 3.82. The fourth-order valence-corrected chi connectivity index (χ4v) is 2.24. The van der Waals surface area contributed by atoms with Crippen LogP contribution in [-0.2, 0) is 4.74 Å². The summed E-state index contributed by atoms with van der Waals surface area (Å²) >= 11 is 0. The quantitative estimate of drug-likeness (QED) is 0.793. The molecule has 0 N–H and O–H groups in total. The number of carbonyl (C=O) groups excluding carboxylic acids is 1. The number of methoxy groups -OCH3 is 1. The molecule has 1 aliphatic rings. The van der Waals surface area contributed by atoms with Crippen LogP contribution in [0.3, 0.4) is 0 Å². The van der Waals surface area contributed by atoms with E-state index in [-0.39, 0.29) is 5.69 Å². The van der Waals surface area contributed by atoms with Crippen LogP contribution in [0, 0.1) is 11.8 Å². The van der Waals surface area contributed by atoms with Crippen molar-refractivity contribution in [3.8, 4) is 11.4 Å². The van der Waals surface area contributed by atoms with E-state index in [1.807, 2.05) is 30.3 Å². The number of ether oxygens (including phenoxy) is 2. The van der Waals surface area contributed by atoms with Crippen molar-refractivity contribution in [2.75, 3.05) is 13.7 Å². The maximum absolute atomic E-state index is 12.1. The molecule has 5 nitrogen and oxygen atoms in total. The molecule has 5 heteroatoms. The van der Waals surface area contributed by atoms with Gasteiger partial charge in [-0.2, -0.15) is 5.10 Å². The molecule has 2 atom stereocenters. The summed E-state index contributed by atoms with van der Waals surface area (Å²) in [6, 6.07) is 9.57. The minimum atomic E-state index is -0.430. The van der Waals surface area contributed by atoms with Crippen LogP contribution in [0.5, 0.6) is 5.75 Å². The van der Waals surface area contributed by atoms with E-state index in [2.05, 4.69) is 12.0 Å². The molecule has 110 valence electrons. The highest BCUT2D eigenvalue weighted by molar-refractivity contribution is 5.90. The monoisotopic (exact) mass is 286 g/mol. The molecule has 0 radical (unpaired) electrons. The average molecular weight is 286 g/mol. The number of hydrogen-bond donors (Lipinski definition) is 0. The summed E-state index contributed by atoms with van der Waals surface area (Å²) in [5.74, 6) is 1.14. The van der Waals surface area contributed by atoms with Gasteiger partial charge in [-0.15, -0.1) is 0 Å². The zero-order valence-corrected chi connectivity index (χ0v) is 12.2. The smallest absolute Gasteiger partial charge is 0.362 e. The molecule has 0 bridgehead atoms. The highest BCUT2D eigenvalue weighted by Crippen LogP contribution is 2.37. The third-order valence-electron chi connectivity index (χ3n) is 3.82. The second-order valence-electron chi connectivity index (χ2n) is 5.40. The van der Waals surface area contributed by atoms with Gasteiger partial charge in [-0.25, -0.2) is 9.48 Å². The average Bonchev–Trinajstić information content (AvgIpc) is 3.05. The Morgan fingerprint density at radius 1 is 1.38 bits per heavy atom. The molecule has 1 aromatic carbocycles. The molecule has 1 saturated carbocycles. The van der Waals surface area contributed by atoms with Crippen molar-refractivity contribution in [2.45, 2.75) is 13.3 Å². The van der Waals surface area contributed by atoms with Gasteiger partial charge in [-0.05, 0) is 30.4 Å². The molecule has 2 aromatic rings. The lowest BCUT2D eigenvalue weighted by atomic mass is 10.3. The first kappa shape index (κ1) is 13.7. The first-order valence-electron chi connectivity index (χ1n) is 7.05. The zero-order valence-electron chi connectivity index (χ0n) is 12.2. The zero-order chi connectivity index (χ0) is 14.8. The van der Waals surface area contributed by atoms with Crippen molar-refractivity contribution in [3.63, 3.8) is 0 Å². The van der Waals surface area contributed by atoms with E-state index in [4.69, 9.17) is 9.47 Å². The lowest BCUT2D eigenvalue weighted by Crippen LogP contribution is -2.10. The van der Waals surface area contributed by atoms with Gasteiger partial charge >= 0.3 is 5.97 Å². The van der Waals surface area contributed by atoms with Gasteiger partial charge in [-0.1, -0.05) is 25.1 Å². The summed E-state index contributed by atoms with van der Waals surface area (Å²) in [6.07, 6.45) is 2.81. The fraction of sp³-hybridized carbons (Fsp3) is 0.375. The Bertz CT molecular complexity index is 636. The predicted molar refractivity (Wildman–Crippen MR) is 77.7 cm³/mol. The minimum Gasteiger partial charge on any atom is -0.493 e. The van der Waals surface area contributed by atoms with Crippen LogP contribution in [0.1, 0.15) is 23.8 Å². The number of esters is 1. The first-order chi connectivity index (χ1) is 10.2. The van der Waals surface area contributed by atoms with Crippen molar-refractivity contribution in [1.82, 2.24) is 9.78 Å². The third kappa shape index (κ3) is 2.91. The summed E-state index contributed by atoms with van der Waals surface area (Å²) in [7, 11) is 1.52. The van der Waals surface area contributed by atoms with Crippen LogP contribution < -0.4 is 4.74 Å². The van der Waals surface area contributed by atoms with E-state index in [1.165, 1.54) is 7.11 Å². The maximum atomic E-state index is 12.1. The highest BCUT2D eigenvalue weighted by atomic mass is 16.5. The normalized spacial score (nSPS) is 20.1. The lowest BCUT2D eigenvalue weighted by molar-refractivity contribution is 0.0470. The van der Waals surface area contributed by atoms with Crippen LogP contribution in [0.15, 0.2) is 36.5 Å². The molecule has 0 saturated heterocycles. The van der Waals surface area contributed by atoms with Crippen molar-refractivity contribution in [2.24, 2.45) is 11.8 Å². The Morgan fingerprint density at radius 3 is 2.71 bits per heavy atom. The maximum Gasteiger partial charge on any atom is 0.362 e. The van der Waals surface area contributed by atoms with E-state index >= 15 is 0 Å². The number of aromatic nitrogens is 2. The Balaban J connectivity index is 1.77. The number of para-hydroxylation sites is 1. The van der Waals surface area contributed by atoms with Crippen LogP contribution >= 0.6 is 0 Å². The largest absolute Gasteiger partial charge is 0.493 e. The second-order valence-corrected chi connectivity index (χ2v) is 5.40. The van der Waals surface area contributed by atoms with Crippen molar-refractivity contribution in [3.05, 3.63) is 42.2 Å². The topological polar surface area (TPSA) is 53.4 Å². The molecule has 21 heavy (non-hydrogen) atoms. The highest BCUT2D eigenvalue weighted by Gasteiger charge is 2.34. The van der Waals surface area contributed by atoms with Crippen molar-refractivity contribution >= 4 is 5.97 Å². The summed E-state index contributed by atoms with van der Waals surface area (Å²) in [4.78, 5) is 12.1. The standard InChI is InChI=1S/C16H18N2O3/c1-11-8-12(11)10-21-16(19)15-14(20-2)9-18(17-15)13-6-4-3-5-7-13/h3-7,9,11-12H,8,10H2,1-2H3/t11-,12-/m1/s1. The Hall–Kier alpha value is -2.30. The van der Waals surface area contributed by atoms with Crippen molar-refractivity contribution in [1.29, 1.82) is 0 Å². The number of benzene rings is 1. The van der Waals surface area contributed by atoms with Gasteiger partial charge in [0.25, 0.3) is 0 Å². The molecule has 1 aliphatic carbocycles. The molecule has 1 heterocycles. The van der Waals surface area contributed by atoms with E-state index in [9.17, 15) is 4.79 Å². The summed E-state index contributed by atoms with van der Waals surface area (Å²) < 4.78 is 12.2. The molecule has 0 unspecified atom stereocenters. The fourth-order valence-electron chi connectivity index (χ4n) is 2.24. The minimum absolute atomic E-state index is 0.217. The molecular weight excluding hydrogens is 268 g/mol. The second kappa shape index (κ2) is 5.60. The van der Waals surface area contributed by atoms with Crippen LogP contribution in [0.25, 0.3) is 5.69 Å². The molecule has 1 aromatic heterocycles. The molecule has 0 spiro atoms. The molecule has 0 amide bonds. The lowest BCUT2D eigenvalue weighted by Gasteiger charge is -2.03. The Labute approximate surface area is 123 Å². The SMILES string of the molecule is COc1cn(-c2ccccc2)nc1C(=O)OC[C@H]1C[C@H]1C. The van der Waals surface area contributed by atoms with Crippen LogP contribution in [0.4, 0.5) is 0 Å². The molecule has 0 aliphatic heterocycles. The van der Waals surface area contributed by atoms with E-state index in [1.54, 1.807) is 10.9 Å². The number of nitrogens with zero attached hydrogens (tertiary/aromatic N) is 2. The molecule has 1 fully saturated rings. The van der Waals surface area contributed by atoms with Gasteiger partial charge in [0.15, 0.2) is 5.75 Å². The Kier molecular flexibility index (Phi) is 3.64. The van der Waals surface area contributed by atoms with Gasteiger partial charge in [0.05, 0.1) is 25.6 Å². The predicted octanol–water partition coefficient (Wildman–Crippen LogP) is 2.69. The van der Waals surface area contributed by atoms with Crippen LogP contribution in [0.2, 0.25) is 0 Å². The first-order valence-corrected chi connectivity index (χ1v) is 7.05. The molecular formula is C16H18N2O3. The van der Waals surface area contributed by atoms with Gasteiger partial charge in [0, 0.05) is 0 Å². The van der Waals surface area contributed by atoms with Gasteiger partial charge in [0.2, 0.25) is 5.69 Å². The van der Waals surface area contributed by atoms with E-state index in [0.29, 0.717) is 24.2 Å². The van der Waals surface area contributed by atoms with Gasteiger partial charge < -0.3 is 9.47 Å². The summed E-state index contributed by atoms with van der Waals surface area (Å²) in [5, 5.41) is 4.29. The number of rotatable bonds is 5. The van der Waals surface area contributed by atoms with E-state index < -0.39 is 5.97 Å².